The van der Waals surface area contributed by atoms with Gasteiger partial charge < -0.3 is 0 Å². The van der Waals surface area contributed by atoms with Crippen molar-refractivity contribution in [2.75, 3.05) is 11.5 Å². The average molecular weight is 920 g/mol. The Kier molecular flexibility index (Phi) is 42.9. The molecule has 0 fully saturated rings. The van der Waals surface area contributed by atoms with Crippen molar-refractivity contribution in [2.24, 2.45) is 11.8 Å². The molecule has 2 atom stereocenters. The molecule has 0 aromatic carbocycles. The molecule has 0 rings (SSSR count). The summed E-state index contributed by atoms with van der Waals surface area (Å²) in [6, 6.07) is 0. The van der Waals surface area contributed by atoms with Gasteiger partial charge in [0.1, 0.15) is 0 Å². The second-order valence-corrected chi connectivity index (χ2v) is 27.1. The normalized spacial score (nSPS) is 12.9. The zero-order valence-corrected chi connectivity index (χ0v) is 42.1. The molecular formula is C48H96O4S2Sn. The van der Waals surface area contributed by atoms with E-state index in [2.05, 4.69) is 53.0 Å². The zero-order valence-electron chi connectivity index (χ0n) is 37.5. The van der Waals surface area contributed by atoms with E-state index in [0.717, 1.165) is 73.1 Å². The molecule has 0 spiro atoms. The van der Waals surface area contributed by atoms with Crippen LogP contribution in [0.25, 0.3) is 0 Å². The van der Waals surface area contributed by atoms with Crippen LogP contribution >= 0.6 is 25.3 Å². The Balaban J connectivity index is 5.73. The molecule has 0 heterocycles. The van der Waals surface area contributed by atoms with E-state index in [1.54, 1.807) is 0 Å². The fourth-order valence-electron chi connectivity index (χ4n) is 7.91. The number of thiol groups is 2. The molecule has 0 saturated heterocycles. The fourth-order valence-corrected chi connectivity index (χ4v) is 18.1. The molecule has 0 aromatic rings. The quantitative estimate of drug-likeness (QED) is 0.0363. The van der Waals surface area contributed by atoms with Crippen molar-refractivity contribution in [3.05, 3.63) is 0 Å². The summed E-state index contributed by atoms with van der Waals surface area (Å²) >= 11 is 5.15. The van der Waals surface area contributed by atoms with Crippen molar-refractivity contribution in [1.82, 2.24) is 0 Å². The molecule has 55 heavy (non-hydrogen) atoms. The summed E-state index contributed by atoms with van der Waals surface area (Å²) in [5.74, 6) is 0.304. The van der Waals surface area contributed by atoms with E-state index in [4.69, 9.17) is 6.15 Å². The Morgan fingerprint density at radius 1 is 0.364 bits per heavy atom. The van der Waals surface area contributed by atoms with Crippen LogP contribution in [0.15, 0.2) is 0 Å². The predicted molar refractivity (Wildman–Crippen MR) is 251 cm³/mol. The Labute approximate surface area is 360 Å². The monoisotopic (exact) mass is 921 g/mol. The molecule has 4 nitrogen and oxygen atoms in total. The van der Waals surface area contributed by atoms with Gasteiger partial charge in [-0.2, -0.15) is 0 Å². The van der Waals surface area contributed by atoms with E-state index in [-0.39, 0.29) is 23.8 Å². The van der Waals surface area contributed by atoms with Gasteiger partial charge in [0.2, 0.25) is 0 Å². The van der Waals surface area contributed by atoms with Crippen LogP contribution in [0, 0.1) is 11.8 Å². The first-order valence-electron chi connectivity index (χ1n) is 24.6. The van der Waals surface area contributed by atoms with Crippen molar-refractivity contribution in [3.63, 3.8) is 0 Å². The molecule has 0 aliphatic heterocycles. The molecule has 0 N–H and O–H groups in total. The van der Waals surface area contributed by atoms with Crippen LogP contribution in [-0.4, -0.2) is 42.6 Å². The van der Waals surface area contributed by atoms with Crippen molar-refractivity contribution >= 4 is 56.4 Å². The maximum atomic E-state index is 14.1. The number of unbranched alkanes of at least 4 members (excludes halogenated alkanes) is 30. The van der Waals surface area contributed by atoms with Gasteiger partial charge in [0, 0.05) is 0 Å². The summed E-state index contributed by atoms with van der Waals surface area (Å²) in [5, 5.41) is 0. The summed E-state index contributed by atoms with van der Waals surface area (Å²) in [5.41, 5.74) is 0. The molecular weight excluding hydrogens is 823 g/mol. The standard InChI is InChI=1S/2C12H24O2S.2C12H25.Sn/c2*1-2-3-4-5-6-7-8-9-11(10-15)12(13)14;2*1-3-5-7-9-11-12-10-8-6-4-2;/h2*11,15H,2-10H2,1H3,(H,13,14);2*1,3-12H2,2H3;/q;;;;+2/p-2. The van der Waals surface area contributed by atoms with Crippen LogP contribution in [-0.2, 0) is 15.7 Å². The average Bonchev–Trinajstić information content (AvgIpc) is 3.18. The third-order valence-corrected chi connectivity index (χ3v) is 22.3. The van der Waals surface area contributed by atoms with Crippen LogP contribution in [0.1, 0.15) is 259 Å². The van der Waals surface area contributed by atoms with E-state index in [1.807, 2.05) is 0 Å². The van der Waals surface area contributed by atoms with Gasteiger partial charge in [-0.25, -0.2) is 0 Å². The van der Waals surface area contributed by atoms with E-state index in [1.165, 1.54) is 167 Å². The van der Waals surface area contributed by atoms with E-state index >= 15 is 0 Å². The zero-order chi connectivity index (χ0) is 40.5. The second kappa shape index (κ2) is 42.6. The van der Waals surface area contributed by atoms with Crippen LogP contribution in [0.2, 0.25) is 8.87 Å². The molecule has 0 aliphatic rings. The van der Waals surface area contributed by atoms with Crippen molar-refractivity contribution in [3.8, 4) is 0 Å². The molecule has 328 valence electrons. The SMILES string of the molecule is CCCCCCCCCCC[CH2][Sn]([CH2]CCCCCCCCCCC)([O]C(=O)C(CS)CCCCCCCCC)[O]C(=O)C(CS)CCCCCCCCC. The Bertz CT molecular complexity index is 762. The summed E-state index contributed by atoms with van der Waals surface area (Å²) in [6.45, 7) is 9.07. The van der Waals surface area contributed by atoms with E-state index in [0.29, 0.717) is 11.5 Å². The van der Waals surface area contributed by atoms with Gasteiger partial charge in [-0.1, -0.05) is 0 Å². The van der Waals surface area contributed by atoms with E-state index < -0.39 is 19.2 Å². The number of hydrogen-bond acceptors (Lipinski definition) is 6. The number of hydrogen-bond donors (Lipinski definition) is 2. The first kappa shape index (κ1) is 55.4. The van der Waals surface area contributed by atoms with Gasteiger partial charge in [-0.05, 0) is 0 Å². The Hall–Kier alpha value is 0.439. The fraction of sp³-hybridized carbons (Fsp3) is 0.958. The third-order valence-electron chi connectivity index (χ3n) is 11.8. The van der Waals surface area contributed by atoms with E-state index in [9.17, 15) is 9.59 Å². The van der Waals surface area contributed by atoms with Gasteiger partial charge in [0.05, 0.1) is 0 Å². The van der Waals surface area contributed by atoms with Gasteiger partial charge in [0.15, 0.2) is 0 Å². The molecule has 0 bridgehead atoms. The number of rotatable bonds is 44. The van der Waals surface area contributed by atoms with Crippen LogP contribution in [0.4, 0.5) is 0 Å². The molecule has 7 heteroatoms. The van der Waals surface area contributed by atoms with Crippen molar-refractivity contribution in [1.29, 1.82) is 0 Å². The molecule has 0 aromatic heterocycles. The maximum absolute atomic E-state index is 14.1. The first-order chi connectivity index (χ1) is 26.9. The number of carbonyl (C=O) groups excluding carboxylic acids is 2. The van der Waals surface area contributed by atoms with Gasteiger partial charge in [-0.15, -0.1) is 0 Å². The first-order valence-corrected chi connectivity index (χ1v) is 32.2. The minimum atomic E-state index is -4.17. The van der Waals surface area contributed by atoms with Crippen LogP contribution in [0.3, 0.4) is 0 Å². The third kappa shape index (κ3) is 33.9. The summed E-state index contributed by atoms with van der Waals surface area (Å²) < 4.78 is 15.1. The molecule has 0 aliphatic carbocycles. The predicted octanol–water partition coefficient (Wildman–Crippen LogP) is 16.7. The van der Waals surface area contributed by atoms with Crippen LogP contribution in [0.5, 0.6) is 0 Å². The molecule has 0 amide bonds. The minimum absolute atomic E-state index is 0.127. The van der Waals surface area contributed by atoms with Crippen LogP contribution < -0.4 is 0 Å². The van der Waals surface area contributed by atoms with Gasteiger partial charge in [-0.3, -0.25) is 0 Å². The van der Waals surface area contributed by atoms with Crippen molar-refractivity contribution in [2.45, 2.75) is 268 Å². The topological polar surface area (TPSA) is 52.6 Å². The molecule has 2 unspecified atom stereocenters. The summed E-state index contributed by atoms with van der Waals surface area (Å²) in [4.78, 5) is 28.1. The second-order valence-electron chi connectivity index (χ2n) is 17.2. The Morgan fingerprint density at radius 2 is 0.582 bits per heavy atom. The Morgan fingerprint density at radius 3 is 0.818 bits per heavy atom. The van der Waals surface area contributed by atoms with Gasteiger partial charge in [0.25, 0.3) is 0 Å². The van der Waals surface area contributed by atoms with Gasteiger partial charge >= 0.3 is 363 Å². The summed E-state index contributed by atoms with van der Waals surface area (Å²) in [6.07, 6.45) is 44.1. The molecule has 0 saturated carbocycles. The summed E-state index contributed by atoms with van der Waals surface area (Å²) in [7, 11) is 0. The number of carbonyl (C=O) groups is 2. The molecule has 0 radical (unpaired) electrons. The van der Waals surface area contributed by atoms with Crippen molar-refractivity contribution < 1.29 is 15.7 Å².